The van der Waals surface area contributed by atoms with Gasteiger partial charge in [-0.1, -0.05) is 32.3 Å². The number of rotatable bonds is 11. The van der Waals surface area contributed by atoms with Gasteiger partial charge in [-0.2, -0.15) is 0 Å². The molecule has 22 heavy (non-hydrogen) atoms. The van der Waals surface area contributed by atoms with E-state index in [1.165, 1.54) is 20.0 Å². The van der Waals surface area contributed by atoms with Gasteiger partial charge in [-0.25, -0.2) is 0 Å². The van der Waals surface area contributed by atoms with Gasteiger partial charge >= 0.3 is 0 Å². The second-order valence-electron chi connectivity index (χ2n) is 5.60. The Morgan fingerprint density at radius 2 is 2.05 bits per heavy atom. The molecule has 0 radical (unpaired) electrons. The third kappa shape index (κ3) is 6.48. The summed E-state index contributed by atoms with van der Waals surface area (Å²) in [5, 5.41) is 9.56. The molecule has 0 spiro atoms. The minimum atomic E-state index is 0.0356. The van der Waals surface area contributed by atoms with Crippen LogP contribution in [0.15, 0.2) is 18.2 Å². The van der Waals surface area contributed by atoms with Crippen LogP contribution in [0.5, 0.6) is 11.5 Å². The monoisotopic (exact) mass is 308 g/mol. The molecule has 1 N–H and O–H groups in total. The van der Waals surface area contributed by atoms with Crippen LogP contribution in [0.3, 0.4) is 0 Å². The fourth-order valence-electron chi connectivity index (χ4n) is 2.44. The molecule has 0 fully saturated rings. The van der Waals surface area contributed by atoms with Gasteiger partial charge in [0.15, 0.2) is 11.5 Å². The summed E-state index contributed by atoms with van der Waals surface area (Å²) < 4.78 is 10.5. The predicted octanol–water partition coefficient (Wildman–Crippen LogP) is 3.89. The molecule has 0 bridgehead atoms. The molecule has 0 saturated carbocycles. The van der Waals surface area contributed by atoms with E-state index in [0.29, 0.717) is 25.0 Å². The second kappa shape index (κ2) is 10.2. The zero-order valence-electron chi connectivity index (χ0n) is 13.9. The second-order valence-corrected chi connectivity index (χ2v) is 5.60. The van der Waals surface area contributed by atoms with Crippen LogP contribution in [-0.4, -0.2) is 31.2 Å². The minimum absolute atomic E-state index is 0.0356. The lowest BCUT2D eigenvalue weighted by atomic mass is 10.0. The molecular weight excluding hydrogens is 280 g/mol. The maximum atomic E-state index is 12.1. The number of hydrogen-bond acceptors (Lipinski definition) is 4. The van der Waals surface area contributed by atoms with E-state index in [1.54, 1.807) is 19.2 Å². The zero-order valence-corrected chi connectivity index (χ0v) is 13.9. The highest BCUT2D eigenvalue weighted by Crippen LogP contribution is 2.26. The van der Waals surface area contributed by atoms with Crippen LogP contribution in [0.1, 0.15) is 51.0 Å². The molecule has 0 aliphatic rings. The van der Waals surface area contributed by atoms with Gasteiger partial charge in [-0.3, -0.25) is 4.79 Å². The fourth-order valence-corrected chi connectivity index (χ4v) is 2.44. The number of phenolic OH excluding ortho intramolecular Hbond substituents is 1. The third-order valence-corrected chi connectivity index (χ3v) is 3.85. The van der Waals surface area contributed by atoms with Crippen molar-refractivity contribution >= 4 is 5.78 Å². The number of carbonyl (C=O) groups is 1. The molecule has 1 aromatic carbocycles. The number of benzene rings is 1. The summed E-state index contributed by atoms with van der Waals surface area (Å²) in [7, 11) is 3.19. The minimum Gasteiger partial charge on any atom is -0.504 e. The summed E-state index contributed by atoms with van der Waals surface area (Å²) in [6.45, 7) is 2.17. The number of ether oxygens (including phenoxy) is 2. The van der Waals surface area contributed by atoms with Crippen LogP contribution >= 0.6 is 0 Å². The first-order valence-corrected chi connectivity index (χ1v) is 8.01. The van der Waals surface area contributed by atoms with E-state index in [2.05, 4.69) is 6.92 Å². The van der Waals surface area contributed by atoms with Gasteiger partial charge in [-0.15, -0.1) is 0 Å². The van der Waals surface area contributed by atoms with E-state index in [1.807, 2.05) is 6.07 Å². The number of carbonyl (C=O) groups excluding carboxylic acids is 1. The fraction of sp³-hybridized carbons (Fsp3) is 0.611. The van der Waals surface area contributed by atoms with Gasteiger partial charge in [0.25, 0.3) is 0 Å². The van der Waals surface area contributed by atoms with Crippen LogP contribution in [0.2, 0.25) is 0 Å². The highest BCUT2D eigenvalue weighted by Gasteiger charge is 2.13. The van der Waals surface area contributed by atoms with E-state index in [4.69, 9.17) is 9.47 Å². The SMILES string of the molecule is CCCCC[C@H](CC(=O)CCc1ccc(O)c(OC)c1)OC. The van der Waals surface area contributed by atoms with Gasteiger partial charge < -0.3 is 14.6 Å². The van der Waals surface area contributed by atoms with Crippen molar-refractivity contribution in [2.45, 2.75) is 58.0 Å². The smallest absolute Gasteiger partial charge is 0.160 e. The average molecular weight is 308 g/mol. The molecule has 0 unspecified atom stereocenters. The standard InChI is InChI=1S/C18H28O4/c1-4-5-6-7-16(21-2)13-15(19)10-8-14-9-11-17(20)18(12-14)22-3/h9,11-12,16,20H,4-8,10,13H2,1-3H3/t16-/m1/s1. The Morgan fingerprint density at radius 1 is 1.27 bits per heavy atom. The van der Waals surface area contributed by atoms with Gasteiger partial charge in [-0.05, 0) is 30.5 Å². The number of hydrogen-bond donors (Lipinski definition) is 1. The summed E-state index contributed by atoms with van der Waals surface area (Å²) in [6.07, 6.45) is 6.07. The molecule has 124 valence electrons. The number of unbranched alkanes of at least 4 members (excludes halogenated alkanes) is 2. The molecule has 0 saturated heterocycles. The Balaban J connectivity index is 2.41. The highest BCUT2D eigenvalue weighted by atomic mass is 16.5. The van der Waals surface area contributed by atoms with Gasteiger partial charge in [0.05, 0.1) is 13.2 Å². The van der Waals surface area contributed by atoms with E-state index < -0.39 is 0 Å². The number of methoxy groups -OCH3 is 2. The maximum Gasteiger partial charge on any atom is 0.160 e. The summed E-state index contributed by atoms with van der Waals surface area (Å²) in [6, 6.07) is 5.19. The molecule has 0 aliphatic heterocycles. The molecule has 1 rings (SSSR count). The molecule has 0 amide bonds. The lowest BCUT2D eigenvalue weighted by molar-refractivity contribution is -0.121. The van der Waals surface area contributed by atoms with E-state index >= 15 is 0 Å². The van der Waals surface area contributed by atoms with Crippen LogP contribution in [0.25, 0.3) is 0 Å². The highest BCUT2D eigenvalue weighted by molar-refractivity contribution is 5.79. The average Bonchev–Trinajstić information content (AvgIpc) is 2.53. The Labute approximate surface area is 133 Å². The van der Waals surface area contributed by atoms with E-state index in [-0.39, 0.29) is 17.6 Å². The van der Waals surface area contributed by atoms with E-state index in [0.717, 1.165) is 18.4 Å². The van der Waals surface area contributed by atoms with E-state index in [9.17, 15) is 9.90 Å². The molecule has 4 heteroatoms. The van der Waals surface area contributed by atoms with Crippen molar-refractivity contribution in [2.24, 2.45) is 0 Å². The molecular formula is C18H28O4. The molecule has 1 atom stereocenters. The van der Waals surface area contributed by atoms with Crippen molar-refractivity contribution in [1.82, 2.24) is 0 Å². The zero-order chi connectivity index (χ0) is 16.4. The first-order valence-electron chi connectivity index (χ1n) is 8.01. The number of ketones is 1. The Kier molecular flexibility index (Phi) is 8.60. The van der Waals surface area contributed by atoms with Gasteiger partial charge in [0, 0.05) is 20.0 Å². The predicted molar refractivity (Wildman–Crippen MR) is 87.5 cm³/mol. The molecule has 4 nitrogen and oxygen atoms in total. The molecule has 0 aromatic heterocycles. The Hall–Kier alpha value is -1.55. The summed E-state index contributed by atoms with van der Waals surface area (Å²) >= 11 is 0. The molecule has 0 aliphatic carbocycles. The molecule has 1 aromatic rings. The van der Waals surface area contributed by atoms with Crippen molar-refractivity contribution in [2.75, 3.05) is 14.2 Å². The topological polar surface area (TPSA) is 55.8 Å². The molecule has 0 heterocycles. The van der Waals surface area contributed by atoms with Crippen LogP contribution < -0.4 is 4.74 Å². The summed E-state index contributed by atoms with van der Waals surface area (Å²) in [5.41, 5.74) is 0.989. The quantitative estimate of drug-likeness (QED) is 0.630. The lowest BCUT2D eigenvalue weighted by Gasteiger charge is -2.14. The van der Waals surface area contributed by atoms with Crippen molar-refractivity contribution < 1.29 is 19.4 Å². The van der Waals surface area contributed by atoms with Crippen molar-refractivity contribution in [1.29, 1.82) is 0 Å². The normalized spacial score (nSPS) is 12.1. The third-order valence-electron chi connectivity index (χ3n) is 3.85. The first kappa shape index (κ1) is 18.5. The van der Waals surface area contributed by atoms with Crippen molar-refractivity contribution in [3.63, 3.8) is 0 Å². The largest absolute Gasteiger partial charge is 0.504 e. The van der Waals surface area contributed by atoms with Gasteiger partial charge in [0.1, 0.15) is 5.78 Å². The van der Waals surface area contributed by atoms with Crippen molar-refractivity contribution in [3.05, 3.63) is 23.8 Å². The maximum absolute atomic E-state index is 12.1. The summed E-state index contributed by atoms with van der Waals surface area (Å²) in [5.74, 6) is 0.780. The van der Waals surface area contributed by atoms with Crippen LogP contribution in [0.4, 0.5) is 0 Å². The van der Waals surface area contributed by atoms with Crippen LogP contribution in [-0.2, 0) is 16.0 Å². The number of aryl methyl sites for hydroxylation is 1. The van der Waals surface area contributed by atoms with Crippen LogP contribution in [0, 0.1) is 0 Å². The number of Topliss-reactive ketones (excluding diaryl/α,β-unsaturated/α-hetero) is 1. The summed E-state index contributed by atoms with van der Waals surface area (Å²) in [4.78, 5) is 12.1. The Bertz CT molecular complexity index is 456. The first-order chi connectivity index (χ1) is 10.6. The van der Waals surface area contributed by atoms with Crippen molar-refractivity contribution in [3.8, 4) is 11.5 Å². The Morgan fingerprint density at radius 3 is 2.68 bits per heavy atom. The number of aromatic hydroxyl groups is 1. The lowest BCUT2D eigenvalue weighted by Crippen LogP contribution is -2.16. The number of phenols is 1. The van der Waals surface area contributed by atoms with Gasteiger partial charge in [0.2, 0.25) is 0 Å².